The lowest BCUT2D eigenvalue weighted by molar-refractivity contribution is 0.435. The molecule has 1 aliphatic heterocycles. The van der Waals surface area contributed by atoms with E-state index in [1.165, 1.54) is 70.9 Å². The van der Waals surface area contributed by atoms with E-state index in [1.807, 2.05) is 0 Å². The van der Waals surface area contributed by atoms with E-state index in [1.54, 1.807) is 0 Å². The summed E-state index contributed by atoms with van der Waals surface area (Å²) in [5.74, 6) is 1.72. The number of hydrogen-bond donors (Lipinski definition) is 0. The van der Waals surface area contributed by atoms with Crippen LogP contribution in [0.1, 0.15) is 22.3 Å². The highest BCUT2D eigenvalue weighted by Crippen LogP contribution is 2.61. The Labute approximate surface area is 370 Å². The fourth-order valence-corrected chi connectivity index (χ4v) is 11.3. The third kappa shape index (κ3) is 4.86. The van der Waals surface area contributed by atoms with E-state index in [9.17, 15) is 0 Å². The summed E-state index contributed by atoms with van der Waals surface area (Å²) >= 11 is 0. The van der Waals surface area contributed by atoms with Crippen LogP contribution in [0, 0.1) is 0 Å². The van der Waals surface area contributed by atoms with E-state index in [0.717, 1.165) is 50.9 Å². The maximum atomic E-state index is 7.12. The van der Waals surface area contributed by atoms with Gasteiger partial charge in [-0.05, 0) is 115 Å². The zero-order chi connectivity index (χ0) is 41.9. The summed E-state index contributed by atoms with van der Waals surface area (Å²) < 4.78 is 9.53. The normalized spacial score (nSPS) is 14.8. The molecule has 1 aliphatic carbocycles. The zero-order valence-electron chi connectivity index (χ0n) is 34.7. The summed E-state index contributed by atoms with van der Waals surface area (Å²) in [5, 5.41) is 9.79. The molecule has 1 unspecified atom stereocenters. The van der Waals surface area contributed by atoms with Crippen LogP contribution in [0.25, 0.3) is 70.9 Å². The number of anilines is 3. The largest absolute Gasteiger partial charge is 0.457 e. The van der Waals surface area contributed by atoms with Crippen LogP contribution in [-0.2, 0) is 5.41 Å². The minimum Gasteiger partial charge on any atom is -0.457 e. The van der Waals surface area contributed by atoms with Crippen molar-refractivity contribution in [2.24, 2.45) is 0 Å². The van der Waals surface area contributed by atoms with Gasteiger partial charge in [0.05, 0.1) is 16.4 Å². The highest BCUT2D eigenvalue weighted by Gasteiger charge is 2.49. The first-order valence-electron chi connectivity index (χ1n) is 22.1. The Bertz CT molecular complexity index is 3910. The molecule has 0 amide bonds. The second-order valence-electron chi connectivity index (χ2n) is 17.2. The highest BCUT2D eigenvalue weighted by atomic mass is 16.5. The molecule has 0 N–H and O–H groups in total. The van der Waals surface area contributed by atoms with Crippen molar-refractivity contribution in [3.8, 4) is 28.3 Å². The van der Waals surface area contributed by atoms with E-state index in [4.69, 9.17) is 4.74 Å². The summed E-state index contributed by atoms with van der Waals surface area (Å²) in [7, 11) is 0. The van der Waals surface area contributed by atoms with Crippen LogP contribution in [0.4, 0.5) is 17.1 Å². The van der Waals surface area contributed by atoms with Gasteiger partial charge < -0.3 is 14.2 Å². The second-order valence-corrected chi connectivity index (χ2v) is 17.2. The minimum atomic E-state index is -0.607. The van der Waals surface area contributed by atoms with E-state index in [2.05, 4.69) is 240 Å². The average molecular weight is 815 g/mol. The molecule has 11 aromatic carbocycles. The molecule has 2 aliphatic rings. The van der Waals surface area contributed by atoms with Gasteiger partial charge in [0.25, 0.3) is 0 Å². The van der Waals surface area contributed by atoms with Crippen molar-refractivity contribution in [1.82, 2.24) is 4.57 Å². The molecule has 1 spiro atoms. The summed E-state index contributed by atoms with van der Waals surface area (Å²) in [4.78, 5) is 2.40. The number of para-hydroxylation sites is 2. The molecule has 0 radical (unpaired) electrons. The molecule has 64 heavy (non-hydrogen) atoms. The van der Waals surface area contributed by atoms with Crippen molar-refractivity contribution in [3.05, 3.63) is 253 Å². The van der Waals surface area contributed by atoms with Crippen LogP contribution >= 0.6 is 0 Å². The van der Waals surface area contributed by atoms with Crippen molar-refractivity contribution >= 4 is 71.2 Å². The maximum Gasteiger partial charge on any atom is 0.134 e. The molecule has 298 valence electrons. The fourth-order valence-electron chi connectivity index (χ4n) is 11.3. The van der Waals surface area contributed by atoms with Gasteiger partial charge >= 0.3 is 0 Å². The molecular weight excluding hydrogens is 777 g/mol. The van der Waals surface area contributed by atoms with Gasteiger partial charge in [-0.15, -0.1) is 0 Å². The number of benzene rings is 11. The Morgan fingerprint density at radius 1 is 0.344 bits per heavy atom. The average Bonchev–Trinajstić information content (AvgIpc) is 3.69. The molecule has 3 nitrogen and oxygen atoms in total. The molecule has 0 fully saturated rings. The van der Waals surface area contributed by atoms with Crippen LogP contribution < -0.4 is 9.64 Å². The van der Waals surface area contributed by atoms with Crippen molar-refractivity contribution in [3.63, 3.8) is 0 Å². The molecule has 14 rings (SSSR count). The predicted octanol–water partition coefficient (Wildman–Crippen LogP) is 16.2. The van der Waals surface area contributed by atoms with Crippen LogP contribution in [-0.4, -0.2) is 4.57 Å². The SMILES string of the molecule is c1ccc2c(c1)Oc1cc(N(c3ccc4ccccc4c3)c3ccc4c(c3)c3ccccc3n4-c3ccc4ccccc4c3)ccc1C21c2ccccc2-c2cccc3cccc1c23. The Kier molecular flexibility index (Phi) is 7.32. The molecule has 0 saturated heterocycles. The lowest BCUT2D eigenvalue weighted by Crippen LogP contribution is -2.36. The number of ether oxygens (including phenoxy) is 1. The summed E-state index contributed by atoms with van der Waals surface area (Å²) in [6.45, 7) is 0. The lowest BCUT2D eigenvalue weighted by Gasteiger charge is -2.45. The van der Waals surface area contributed by atoms with Crippen molar-refractivity contribution < 1.29 is 4.74 Å². The number of fused-ring (bicyclic) bond motifs is 13. The summed E-state index contributed by atoms with van der Waals surface area (Å²) in [6.07, 6.45) is 0. The Balaban J connectivity index is 1.01. The van der Waals surface area contributed by atoms with E-state index < -0.39 is 5.41 Å². The summed E-state index contributed by atoms with van der Waals surface area (Å²) in [5.41, 5.74) is 13.4. The molecule has 2 heterocycles. The van der Waals surface area contributed by atoms with Gasteiger partial charge in [-0.1, -0.05) is 164 Å². The Morgan fingerprint density at radius 2 is 0.922 bits per heavy atom. The van der Waals surface area contributed by atoms with Crippen molar-refractivity contribution in [1.29, 1.82) is 0 Å². The molecule has 3 heteroatoms. The van der Waals surface area contributed by atoms with Crippen LogP contribution in [0.3, 0.4) is 0 Å². The van der Waals surface area contributed by atoms with E-state index in [0.29, 0.717) is 0 Å². The first kappa shape index (κ1) is 35.2. The minimum absolute atomic E-state index is 0.607. The van der Waals surface area contributed by atoms with Crippen LogP contribution in [0.15, 0.2) is 231 Å². The number of hydrogen-bond acceptors (Lipinski definition) is 2. The smallest absolute Gasteiger partial charge is 0.134 e. The molecular formula is C61H38N2O. The Morgan fingerprint density at radius 3 is 1.80 bits per heavy atom. The van der Waals surface area contributed by atoms with Gasteiger partial charge in [-0.2, -0.15) is 0 Å². The third-order valence-corrected chi connectivity index (χ3v) is 14.0. The van der Waals surface area contributed by atoms with Crippen molar-refractivity contribution in [2.45, 2.75) is 5.41 Å². The maximum absolute atomic E-state index is 7.12. The highest BCUT2D eigenvalue weighted by molar-refractivity contribution is 6.11. The molecule has 1 atom stereocenters. The van der Waals surface area contributed by atoms with Gasteiger partial charge in [-0.25, -0.2) is 0 Å². The monoisotopic (exact) mass is 814 g/mol. The van der Waals surface area contributed by atoms with Crippen LogP contribution in [0.2, 0.25) is 0 Å². The van der Waals surface area contributed by atoms with E-state index in [-0.39, 0.29) is 0 Å². The van der Waals surface area contributed by atoms with Crippen LogP contribution in [0.5, 0.6) is 11.5 Å². The first-order chi connectivity index (χ1) is 31.7. The standard InChI is InChI=1S/C61H38N2O/c1-3-15-42-35-44(29-27-39(42)13-1)62(46-32-34-57-51(37-46)49-20-6-9-25-56(49)63(57)45-30-28-40-14-2-4-16-43(40)36-45)47-31-33-54-59(38-47)64-58-26-10-8-23-53(58)61(54)52-22-7-5-19-48(52)50-21-11-17-41-18-12-24-55(61)60(41)50/h1-38H. The van der Waals surface area contributed by atoms with Gasteiger partial charge in [0, 0.05) is 50.7 Å². The predicted molar refractivity (Wildman–Crippen MR) is 265 cm³/mol. The fraction of sp³-hybridized carbons (Fsp3) is 0.0164. The quantitative estimate of drug-likeness (QED) is 0.176. The Hall–Kier alpha value is -8.40. The van der Waals surface area contributed by atoms with Gasteiger partial charge in [-0.3, -0.25) is 0 Å². The van der Waals surface area contributed by atoms with E-state index >= 15 is 0 Å². The lowest BCUT2D eigenvalue weighted by atomic mass is 9.58. The number of rotatable bonds is 4. The number of aromatic nitrogens is 1. The molecule has 12 aromatic rings. The van der Waals surface area contributed by atoms with Crippen molar-refractivity contribution in [2.75, 3.05) is 4.90 Å². The molecule has 0 bridgehead atoms. The first-order valence-corrected chi connectivity index (χ1v) is 22.1. The zero-order valence-corrected chi connectivity index (χ0v) is 34.7. The second kappa shape index (κ2) is 13.3. The third-order valence-electron chi connectivity index (χ3n) is 14.0. The van der Waals surface area contributed by atoms with Gasteiger partial charge in [0.2, 0.25) is 0 Å². The van der Waals surface area contributed by atoms with Gasteiger partial charge in [0.1, 0.15) is 11.5 Å². The van der Waals surface area contributed by atoms with Gasteiger partial charge in [0.15, 0.2) is 0 Å². The number of nitrogens with zero attached hydrogens (tertiary/aromatic N) is 2. The molecule has 1 aromatic heterocycles. The summed E-state index contributed by atoms with van der Waals surface area (Å²) in [6, 6.07) is 84.6. The molecule has 0 saturated carbocycles. The topological polar surface area (TPSA) is 17.4 Å².